The summed E-state index contributed by atoms with van der Waals surface area (Å²) in [5.41, 5.74) is 1.85. The second kappa shape index (κ2) is 5.36. The topological polar surface area (TPSA) is 75.9 Å². The van der Waals surface area contributed by atoms with Gasteiger partial charge in [-0.05, 0) is 23.6 Å². The van der Waals surface area contributed by atoms with E-state index in [1.54, 1.807) is 17.7 Å². The third kappa shape index (κ3) is 2.02. The minimum Gasteiger partial charge on any atom is -0.395 e. The Morgan fingerprint density at radius 3 is 3.00 bits per heavy atom. The molecule has 0 radical (unpaired) electrons. The summed E-state index contributed by atoms with van der Waals surface area (Å²) >= 11 is 1.58. The van der Waals surface area contributed by atoms with Crippen molar-refractivity contribution in [3.63, 3.8) is 0 Å². The predicted octanol–water partition coefficient (Wildman–Crippen LogP) is 2.43. The molecule has 6 nitrogen and oxygen atoms in total. The first-order chi connectivity index (χ1) is 10.9. The average Bonchev–Trinajstić information content (AvgIpc) is 3.16. The normalized spacial score (nSPS) is 11.3. The Kier molecular flexibility index (Phi) is 3.21. The van der Waals surface area contributed by atoms with Crippen molar-refractivity contribution in [2.75, 3.05) is 18.5 Å². The number of para-hydroxylation sites is 2. The molecule has 1 aromatic carbocycles. The second-order valence-electron chi connectivity index (χ2n) is 4.75. The van der Waals surface area contributed by atoms with Gasteiger partial charge in [-0.1, -0.05) is 12.1 Å². The number of hydrogen-bond donors (Lipinski definition) is 2. The molecule has 0 saturated heterocycles. The number of rotatable bonds is 4. The van der Waals surface area contributed by atoms with Crippen molar-refractivity contribution in [2.24, 2.45) is 0 Å². The van der Waals surface area contributed by atoms with Crippen LogP contribution in [0.25, 0.3) is 27.1 Å². The number of aliphatic hydroxyl groups excluding tert-OH is 1. The maximum atomic E-state index is 9.08. The molecular weight excluding hydrogens is 298 g/mol. The highest BCUT2D eigenvalue weighted by Crippen LogP contribution is 2.29. The molecule has 0 aliphatic carbocycles. The molecule has 3 heterocycles. The largest absolute Gasteiger partial charge is 0.395 e. The maximum Gasteiger partial charge on any atom is 0.209 e. The number of aromatic nitrogens is 4. The van der Waals surface area contributed by atoms with E-state index in [0.717, 1.165) is 27.1 Å². The first-order valence-electron chi connectivity index (χ1n) is 6.89. The van der Waals surface area contributed by atoms with Crippen LogP contribution in [0.4, 0.5) is 5.95 Å². The van der Waals surface area contributed by atoms with Crippen LogP contribution in [0.1, 0.15) is 0 Å². The van der Waals surface area contributed by atoms with Crippen LogP contribution in [0.5, 0.6) is 0 Å². The molecule has 0 atom stereocenters. The SMILES string of the molecule is OCCNc1nc2ccccc2n1-c1ncnc2sccc12. The Balaban J connectivity index is 2.01. The maximum absolute atomic E-state index is 9.08. The molecule has 4 rings (SSSR count). The van der Waals surface area contributed by atoms with Gasteiger partial charge in [0.2, 0.25) is 5.95 Å². The molecule has 0 saturated carbocycles. The van der Waals surface area contributed by atoms with Crippen LogP contribution < -0.4 is 5.32 Å². The quantitative estimate of drug-likeness (QED) is 0.605. The summed E-state index contributed by atoms with van der Waals surface area (Å²) in [6.07, 6.45) is 1.57. The van der Waals surface area contributed by atoms with Crippen LogP contribution in [0.2, 0.25) is 0 Å². The van der Waals surface area contributed by atoms with Gasteiger partial charge in [0.1, 0.15) is 11.2 Å². The Hall–Kier alpha value is -2.51. The van der Waals surface area contributed by atoms with Gasteiger partial charge in [0.05, 0.1) is 23.0 Å². The number of nitrogens with zero attached hydrogens (tertiary/aromatic N) is 4. The van der Waals surface area contributed by atoms with Gasteiger partial charge in [0.25, 0.3) is 0 Å². The zero-order valence-electron chi connectivity index (χ0n) is 11.6. The van der Waals surface area contributed by atoms with Gasteiger partial charge < -0.3 is 10.4 Å². The zero-order chi connectivity index (χ0) is 14.9. The number of aliphatic hydroxyl groups is 1. The van der Waals surface area contributed by atoms with Crippen LogP contribution in [0, 0.1) is 0 Å². The lowest BCUT2D eigenvalue weighted by Gasteiger charge is -2.10. The van der Waals surface area contributed by atoms with Crippen molar-refractivity contribution in [3.8, 4) is 5.82 Å². The Bertz CT molecular complexity index is 945. The number of anilines is 1. The van der Waals surface area contributed by atoms with Crippen LogP contribution >= 0.6 is 11.3 Å². The first-order valence-corrected chi connectivity index (χ1v) is 7.77. The van der Waals surface area contributed by atoms with E-state index in [2.05, 4.69) is 20.3 Å². The van der Waals surface area contributed by atoms with Crippen molar-refractivity contribution in [3.05, 3.63) is 42.0 Å². The summed E-state index contributed by atoms with van der Waals surface area (Å²) in [4.78, 5) is 14.3. The number of benzene rings is 1. The molecule has 0 fully saturated rings. The summed E-state index contributed by atoms with van der Waals surface area (Å²) in [7, 11) is 0. The fourth-order valence-corrected chi connectivity index (χ4v) is 3.21. The average molecular weight is 311 g/mol. The van der Waals surface area contributed by atoms with Crippen LogP contribution in [0.15, 0.2) is 42.0 Å². The molecule has 3 aromatic heterocycles. The minimum atomic E-state index is 0.0425. The van der Waals surface area contributed by atoms with Gasteiger partial charge in [0, 0.05) is 6.54 Å². The lowest BCUT2D eigenvalue weighted by molar-refractivity contribution is 0.310. The zero-order valence-corrected chi connectivity index (χ0v) is 12.4. The first kappa shape index (κ1) is 13.2. The van der Waals surface area contributed by atoms with E-state index in [4.69, 9.17) is 5.11 Å². The molecule has 110 valence electrons. The van der Waals surface area contributed by atoms with E-state index in [-0.39, 0.29) is 6.61 Å². The number of hydrogen-bond acceptors (Lipinski definition) is 6. The molecule has 2 N–H and O–H groups in total. The van der Waals surface area contributed by atoms with Gasteiger partial charge in [-0.15, -0.1) is 11.3 Å². The van der Waals surface area contributed by atoms with Crippen molar-refractivity contribution in [1.82, 2.24) is 19.5 Å². The van der Waals surface area contributed by atoms with Crippen molar-refractivity contribution in [1.29, 1.82) is 0 Å². The van der Waals surface area contributed by atoms with E-state index >= 15 is 0 Å². The smallest absolute Gasteiger partial charge is 0.209 e. The Morgan fingerprint density at radius 1 is 1.18 bits per heavy atom. The van der Waals surface area contributed by atoms with E-state index in [1.165, 1.54) is 0 Å². The van der Waals surface area contributed by atoms with E-state index in [9.17, 15) is 0 Å². The molecule has 0 unspecified atom stereocenters. The van der Waals surface area contributed by atoms with Gasteiger partial charge >= 0.3 is 0 Å². The number of thiophene rings is 1. The standard InChI is InChI=1S/C15H13N5OS/c21-7-6-16-15-19-11-3-1-2-4-12(11)20(15)13-10-5-8-22-14(10)18-9-17-13/h1-5,8-9,21H,6-7H2,(H,16,19). The molecule has 0 spiro atoms. The third-order valence-corrected chi connectivity index (χ3v) is 4.23. The van der Waals surface area contributed by atoms with Gasteiger partial charge in [-0.3, -0.25) is 4.57 Å². The Labute approximate surface area is 130 Å². The van der Waals surface area contributed by atoms with Gasteiger partial charge in [-0.2, -0.15) is 0 Å². The van der Waals surface area contributed by atoms with E-state index < -0.39 is 0 Å². The molecule has 7 heteroatoms. The third-order valence-electron chi connectivity index (χ3n) is 3.41. The highest BCUT2D eigenvalue weighted by molar-refractivity contribution is 7.16. The highest BCUT2D eigenvalue weighted by atomic mass is 32.1. The van der Waals surface area contributed by atoms with Crippen LogP contribution in [-0.2, 0) is 0 Å². The summed E-state index contributed by atoms with van der Waals surface area (Å²) in [6, 6.07) is 9.91. The molecule has 0 aliphatic heterocycles. The number of imidazole rings is 1. The number of fused-ring (bicyclic) bond motifs is 2. The summed E-state index contributed by atoms with van der Waals surface area (Å²) < 4.78 is 1.97. The van der Waals surface area contributed by atoms with Gasteiger partial charge in [0.15, 0.2) is 5.82 Å². The fourth-order valence-electron chi connectivity index (χ4n) is 2.48. The van der Waals surface area contributed by atoms with Crippen molar-refractivity contribution in [2.45, 2.75) is 0 Å². The molecule has 4 aromatic rings. The number of nitrogens with one attached hydrogen (secondary N) is 1. The minimum absolute atomic E-state index is 0.0425. The molecule has 0 bridgehead atoms. The second-order valence-corrected chi connectivity index (χ2v) is 5.64. The monoisotopic (exact) mass is 311 g/mol. The Morgan fingerprint density at radius 2 is 2.09 bits per heavy atom. The lowest BCUT2D eigenvalue weighted by atomic mass is 10.3. The van der Waals surface area contributed by atoms with E-state index in [0.29, 0.717) is 12.5 Å². The summed E-state index contributed by atoms with van der Waals surface area (Å²) in [6.45, 7) is 0.474. The molecule has 0 aliphatic rings. The lowest BCUT2D eigenvalue weighted by Crippen LogP contribution is -2.11. The van der Waals surface area contributed by atoms with Crippen LogP contribution in [-0.4, -0.2) is 37.8 Å². The van der Waals surface area contributed by atoms with Crippen molar-refractivity contribution < 1.29 is 5.11 Å². The molecule has 22 heavy (non-hydrogen) atoms. The predicted molar refractivity (Wildman–Crippen MR) is 87.6 cm³/mol. The highest BCUT2D eigenvalue weighted by Gasteiger charge is 2.15. The fraction of sp³-hybridized carbons (Fsp3) is 0.133. The van der Waals surface area contributed by atoms with Crippen LogP contribution in [0.3, 0.4) is 0 Å². The van der Waals surface area contributed by atoms with E-state index in [1.807, 2.05) is 40.3 Å². The summed E-state index contributed by atoms with van der Waals surface area (Å²) in [5.74, 6) is 1.46. The van der Waals surface area contributed by atoms with Crippen molar-refractivity contribution >= 4 is 38.5 Å². The summed E-state index contributed by atoms with van der Waals surface area (Å²) in [5, 5.41) is 15.2. The molecular formula is C15H13N5OS. The van der Waals surface area contributed by atoms with Gasteiger partial charge in [-0.25, -0.2) is 15.0 Å². The molecule has 0 amide bonds.